The van der Waals surface area contributed by atoms with Crippen molar-refractivity contribution >= 4 is 21.8 Å². The largest absolute Gasteiger partial charge is 1.00 e. The van der Waals surface area contributed by atoms with Crippen LogP contribution >= 0.6 is 11.8 Å². The summed E-state index contributed by atoms with van der Waals surface area (Å²) in [5.74, 6) is 0. The van der Waals surface area contributed by atoms with E-state index in [0.717, 1.165) is 6.26 Å². The molecule has 0 aliphatic heterocycles. The van der Waals surface area contributed by atoms with Crippen molar-refractivity contribution in [1.82, 2.24) is 4.24 Å². The monoisotopic (exact) mass is 153 g/mol. The first-order valence-electron chi connectivity index (χ1n) is 1.13. The van der Waals surface area contributed by atoms with E-state index < -0.39 is 10.0 Å². The predicted molar refractivity (Wildman–Crippen MR) is 24.9 cm³/mol. The van der Waals surface area contributed by atoms with E-state index in [2.05, 4.69) is 11.8 Å². The Morgan fingerprint density at radius 2 is 1.86 bits per heavy atom. The Morgan fingerprint density at radius 1 is 1.71 bits per heavy atom. The van der Waals surface area contributed by atoms with Crippen molar-refractivity contribution < 1.29 is 39.4 Å². The van der Waals surface area contributed by atoms with Gasteiger partial charge >= 0.3 is 29.6 Å². The average molecular weight is 154 g/mol. The molecule has 0 bridgehead atoms. The fourth-order valence-electron chi connectivity index (χ4n) is 0. The van der Waals surface area contributed by atoms with Crippen molar-refractivity contribution in [3.05, 3.63) is 0 Å². The molecule has 0 saturated heterocycles. The minimum absolute atomic E-state index is 0. The molecule has 0 saturated carbocycles. The van der Waals surface area contributed by atoms with Gasteiger partial charge in [0.05, 0.1) is 6.26 Å². The van der Waals surface area contributed by atoms with Gasteiger partial charge in [0.1, 0.15) is 0 Å². The minimum Gasteiger partial charge on any atom is -1.00 e. The summed E-state index contributed by atoms with van der Waals surface area (Å²) in [5.41, 5.74) is 0. The van der Waals surface area contributed by atoms with E-state index in [4.69, 9.17) is 0 Å². The maximum absolute atomic E-state index is 9.76. The number of sulfonamides is 1. The van der Waals surface area contributed by atoms with Crippen LogP contribution in [-0.4, -0.2) is 14.7 Å². The molecule has 6 heteroatoms. The molecule has 7 heavy (non-hydrogen) atoms. The summed E-state index contributed by atoms with van der Waals surface area (Å²) >= 11 is 4.64. The van der Waals surface area contributed by atoms with Gasteiger partial charge in [0.15, 0.2) is 0 Å². The summed E-state index contributed by atoms with van der Waals surface area (Å²) in [6, 6.07) is 0. The second kappa shape index (κ2) is 4.12. The molecule has 40 valence electrons. The summed E-state index contributed by atoms with van der Waals surface area (Å²) in [5, 5.41) is 0. The molecule has 0 aromatic heterocycles. The molecule has 0 aliphatic carbocycles. The van der Waals surface area contributed by atoms with Crippen molar-refractivity contribution in [2.45, 2.75) is 0 Å². The van der Waals surface area contributed by atoms with Crippen LogP contribution in [-0.2, 0) is 10.0 Å². The molecule has 1 N–H and O–H groups in total. The third-order valence-electron chi connectivity index (χ3n) is 0.140. The number of rotatable bonds is 1. The molecule has 0 heterocycles. The third-order valence-corrected chi connectivity index (χ3v) is 1.26. The van der Waals surface area contributed by atoms with E-state index in [1.165, 1.54) is 0 Å². The fraction of sp³-hybridized carbons (Fsp3) is 1.00. The summed E-state index contributed by atoms with van der Waals surface area (Å²) < 4.78 is 21.1. The smallest absolute Gasteiger partial charge is 1.00 e. The minimum atomic E-state index is -3.15. The van der Waals surface area contributed by atoms with Gasteiger partial charge in [-0.2, -0.15) is 0 Å². The molecule has 0 aromatic rings. The van der Waals surface area contributed by atoms with Gasteiger partial charge in [-0.25, -0.2) is 8.42 Å². The van der Waals surface area contributed by atoms with Gasteiger partial charge in [-0.05, 0) is 11.8 Å². The molecular formula is CH5ClNNaO2S. The Kier molecular flexibility index (Phi) is 6.50. The van der Waals surface area contributed by atoms with Gasteiger partial charge in [-0.1, -0.05) is 0 Å². The summed E-state index contributed by atoms with van der Waals surface area (Å²) in [6.07, 6.45) is 0.972. The Bertz CT molecular complexity index is 124. The van der Waals surface area contributed by atoms with Crippen LogP contribution in [0.2, 0.25) is 0 Å². The number of hydrogen-bond acceptors (Lipinski definition) is 2. The predicted octanol–water partition coefficient (Wildman–Crippen LogP) is -3.19. The van der Waals surface area contributed by atoms with Crippen molar-refractivity contribution in [3.8, 4) is 0 Å². The molecule has 0 rings (SSSR count). The number of hydrogen-bond donors (Lipinski definition) is 1. The molecule has 0 aliphatic rings. The van der Waals surface area contributed by atoms with Crippen LogP contribution in [0, 0.1) is 0 Å². The van der Waals surface area contributed by atoms with E-state index in [1.54, 1.807) is 4.24 Å². The van der Waals surface area contributed by atoms with Crippen LogP contribution in [0.25, 0.3) is 0 Å². The van der Waals surface area contributed by atoms with Crippen LogP contribution in [0.5, 0.6) is 0 Å². The zero-order chi connectivity index (χ0) is 5.21. The summed E-state index contributed by atoms with van der Waals surface area (Å²) in [4.78, 5) is 0. The molecule has 0 amide bonds. The molecule has 0 unspecified atom stereocenters. The van der Waals surface area contributed by atoms with E-state index >= 15 is 0 Å². The molecule has 0 fully saturated rings. The molecule has 0 atom stereocenters. The molecular weight excluding hydrogens is 149 g/mol. The van der Waals surface area contributed by atoms with Crippen molar-refractivity contribution in [3.63, 3.8) is 0 Å². The fourth-order valence-corrected chi connectivity index (χ4v) is 0. The maximum Gasteiger partial charge on any atom is 1.00 e. The quantitative estimate of drug-likeness (QED) is 0.319. The summed E-state index contributed by atoms with van der Waals surface area (Å²) in [7, 11) is -3.15. The van der Waals surface area contributed by atoms with E-state index in [-0.39, 0.29) is 31.0 Å². The van der Waals surface area contributed by atoms with Gasteiger partial charge in [-0.3, -0.25) is 0 Å². The zero-order valence-corrected chi connectivity index (χ0v) is 7.68. The molecule has 0 spiro atoms. The van der Waals surface area contributed by atoms with Crippen LogP contribution < -0.4 is 33.8 Å². The second-order valence-electron chi connectivity index (χ2n) is 0.849. The molecule has 0 aromatic carbocycles. The van der Waals surface area contributed by atoms with Gasteiger partial charge in [0, 0.05) is 0 Å². The Balaban J connectivity index is -0.000000125. The van der Waals surface area contributed by atoms with Crippen molar-refractivity contribution in [2.75, 3.05) is 6.26 Å². The second-order valence-corrected chi connectivity index (χ2v) is 3.01. The topological polar surface area (TPSA) is 46.2 Å². The first kappa shape index (κ1) is 11.1. The van der Waals surface area contributed by atoms with Crippen LogP contribution in [0.15, 0.2) is 0 Å². The standard InChI is InChI=1S/CH4ClNO2S.Na.H/c1-6(4,5)3-2;;/h3H,1H3;;/q;+1;-1. The first-order chi connectivity index (χ1) is 2.56. The Morgan fingerprint density at radius 3 is 1.86 bits per heavy atom. The van der Waals surface area contributed by atoms with Crippen LogP contribution in [0.1, 0.15) is 1.43 Å². The van der Waals surface area contributed by atoms with Gasteiger partial charge in [0.25, 0.3) is 0 Å². The zero-order valence-electron chi connectivity index (χ0n) is 5.10. The third kappa shape index (κ3) is 11.0. The van der Waals surface area contributed by atoms with Gasteiger partial charge in [0.2, 0.25) is 10.0 Å². The number of nitrogens with one attached hydrogen (secondary N) is 1. The van der Waals surface area contributed by atoms with E-state index in [0.29, 0.717) is 0 Å². The van der Waals surface area contributed by atoms with Crippen molar-refractivity contribution in [2.24, 2.45) is 0 Å². The number of halogens is 1. The Hall–Kier alpha value is 1.20. The summed E-state index contributed by atoms with van der Waals surface area (Å²) in [6.45, 7) is 0. The average Bonchev–Trinajstić information content (AvgIpc) is 1.35. The van der Waals surface area contributed by atoms with Crippen LogP contribution in [0.4, 0.5) is 0 Å². The van der Waals surface area contributed by atoms with E-state index in [9.17, 15) is 8.42 Å². The Labute approximate surface area is 71.4 Å². The van der Waals surface area contributed by atoms with E-state index in [1.807, 2.05) is 0 Å². The first-order valence-corrected chi connectivity index (χ1v) is 3.40. The maximum atomic E-state index is 9.76. The van der Waals surface area contributed by atoms with Gasteiger partial charge in [-0.15, -0.1) is 4.24 Å². The van der Waals surface area contributed by atoms with Crippen LogP contribution in [0.3, 0.4) is 0 Å². The van der Waals surface area contributed by atoms with Crippen molar-refractivity contribution in [1.29, 1.82) is 0 Å². The van der Waals surface area contributed by atoms with Gasteiger partial charge < -0.3 is 1.43 Å². The SMILES string of the molecule is CS(=O)(=O)NCl.[H-].[Na+]. The normalized spacial score (nSPS) is 10.0. The molecule has 3 nitrogen and oxygen atoms in total. The molecule has 0 radical (unpaired) electrons.